The number of benzene rings is 1. The summed E-state index contributed by atoms with van der Waals surface area (Å²) in [6.07, 6.45) is -0.879. The van der Waals surface area contributed by atoms with Crippen molar-refractivity contribution in [2.75, 3.05) is 12.3 Å². The Morgan fingerprint density at radius 1 is 1.27 bits per heavy atom. The van der Waals surface area contributed by atoms with E-state index in [2.05, 4.69) is 27.9 Å². The van der Waals surface area contributed by atoms with Crippen molar-refractivity contribution in [3.05, 3.63) is 28.4 Å². The molecular weight excluding hydrogens is 661 g/mol. The van der Waals surface area contributed by atoms with Crippen LogP contribution < -0.4 is 5.32 Å². The molecule has 1 rings (SSSR count). The second kappa shape index (κ2) is 8.15. The Labute approximate surface area is 167 Å². The predicted molar refractivity (Wildman–Crippen MR) is 103 cm³/mol. The fourth-order valence-corrected chi connectivity index (χ4v) is 4.59. The summed E-state index contributed by atoms with van der Waals surface area (Å²) < 4.78 is 58.4. The normalized spacial score (nSPS) is 12.3. The van der Waals surface area contributed by atoms with E-state index in [0.717, 1.165) is 7.14 Å². The van der Waals surface area contributed by atoms with Gasteiger partial charge in [-0.05, 0) is 79.9 Å². The Bertz CT molecular complexity index is 682. The van der Waals surface area contributed by atoms with Crippen LogP contribution in [0.1, 0.15) is 16.8 Å². The number of hydrogen-bond donors (Lipinski definition) is 2. The molecule has 0 saturated heterocycles. The number of amides is 1. The lowest BCUT2D eigenvalue weighted by atomic mass is 10.2. The van der Waals surface area contributed by atoms with E-state index in [1.54, 1.807) is 6.07 Å². The molecule has 1 aromatic rings. The van der Waals surface area contributed by atoms with Crippen LogP contribution in [0.3, 0.4) is 0 Å². The summed E-state index contributed by atoms with van der Waals surface area (Å²) >= 11 is 6.10. The lowest BCUT2D eigenvalue weighted by Crippen LogP contribution is -2.34. The van der Waals surface area contributed by atoms with Crippen LogP contribution in [-0.2, 0) is 10.1 Å². The molecule has 2 N–H and O–H groups in total. The Balaban J connectivity index is 2.68. The molecule has 0 bridgehead atoms. The molecular formula is C11H10F2I3NO4S. The minimum absolute atomic E-state index is 0.370. The van der Waals surface area contributed by atoms with Gasteiger partial charge in [-0.2, -0.15) is 8.42 Å². The SMILES string of the molecule is O=C(NCCC(F)(F)CS(=O)(=O)O)c1cc(I)cc(I)c1I. The van der Waals surface area contributed by atoms with Gasteiger partial charge in [0.1, 0.15) is 5.75 Å². The fourth-order valence-electron chi connectivity index (χ4n) is 1.51. The highest BCUT2D eigenvalue weighted by atomic mass is 127. The first-order chi connectivity index (χ1) is 9.91. The Morgan fingerprint density at radius 3 is 2.41 bits per heavy atom. The second-order valence-corrected chi connectivity index (χ2v) is 9.28. The van der Waals surface area contributed by atoms with Crippen LogP contribution in [-0.4, -0.2) is 37.1 Å². The fraction of sp³-hybridized carbons (Fsp3) is 0.364. The number of carbonyl (C=O) groups is 1. The molecule has 1 aromatic carbocycles. The van der Waals surface area contributed by atoms with Gasteiger partial charge in [0.2, 0.25) is 0 Å². The van der Waals surface area contributed by atoms with Gasteiger partial charge in [0.25, 0.3) is 21.9 Å². The van der Waals surface area contributed by atoms with Gasteiger partial charge < -0.3 is 5.32 Å². The molecule has 0 atom stereocenters. The summed E-state index contributed by atoms with van der Waals surface area (Å²) in [5.74, 6) is -5.77. The molecule has 0 fully saturated rings. The van der Waals surface area contributed by atoms with Gasteiger partial charge in [0, 0.05) is 23.7 Å². The van der Waals surface area contributed by atoms with Crippen LogP contribution in [0.5, 0.6) is 0 Å². The van der Waals surface area contributed by atoms with Crippen molar-refractivity contribution in [3.63, 3.8) is 0 Å². The average Bonchev–Trinajstić information content (AvgIpc) is 2.30. The summed E-state index contributed by atoms with van der Waals surface area (Å²) in [5, 5.41) is 2.33. The number of halogens is 5. The van der Waals surface area contributed by atoms with Crippen molar-refractivity contribution in [1.29, 1.82) is 0 Å². The molecule has 5 nitrogen and oxygen atoms in total. The first-order valence-electron chi connectivity index (χ1n) is 5.67. The first-order valence-corrected chi connectivity index (χ1v) is 10.5. The smallest absolute Gasteiger partial charge is 0.270 e. The molecule has 0 aromatic heterocycles. The standard InChI is InChI=1S/C11H10F2I3NO4S/c12-11(13,5-22(19,20)21)1-2-17-10(18)7-3-6(14)4-8(15)9(7)16/h3-4H,1-2,5H2,(H,17,18)(H,19,20,21). The molecule has 0 spiro atoms. The number of alkyl halides is 2. The molecule has 124 valence electrons. The molecule has 0 radical (unpaired) electrons. The zero-order chi connectivity index (χ0) is 17.1. The summed E-state index contributed by atoms with van der Waals surface area (Å²) in [5.41, 5.74) is 0.370. The van der Waals surface area contributed by atoms with Crippen molar-refractivity contribution in [1.82, 2.24) is 5.32 Å². The van der Waals surface area contributed by atoms with E-state index in [4.69, 9.17) is 4.55 Å². The molecule has 0 aliphatic heterocycles. The van der Waals surface area contributed by atoms with E-state index in [1.165, 1.54) is 0 Å². The molecule has 0 saturated carbocycles. The third-order valence-electron chi connectivity index (χ3n) is 2.41. The minimum atomic E-state index is -4.77. The zero-order valence-corrected chi connectivity index (χ0v) is 18.0. The van der Waals surface area contributed by atoms with E-state index in [0.29, 0.717) is 9.13 Å². The van der Waals surface area contributed by atoms with Gasteiger partial charge in [-0.25, -0.2) is 8.78 Å². The Kier molecular flexibility index (Phi) is 7.67. The maximum absolute atomic E-state index is 13.3. The van der Waals surface area contributed by atoms with Gasteiger partial charge in [0.05, 0.1) is 5.56 Å². The second-order valence-electron chi connectivity index (χ2n) is 4.34. The highest BCUT2D eigenvalue weighted by Crippen LogP contribution is 2.23. The summed E-state index contributed by atoms with van der Waals surface area (Å²) in [7, 11) is -4.77. The predicted octanol–water partition coefficient (Wildman–Crippen LogP) is 3.14. The largest absolute Gasteiger partial charge is 0.352 e. The average molecular weight is 671 g/mol. The van der Waals surface area contributed by atoms with Crippen molar-refractivity contribution in [2.24, 2.45) is 0 Å². The third-order valence-corrected chi connectivity index (χ3v) is 6.86. The van der Waals surface area contributed by atoms with Crippen molar-refractivity contribution in [3.8, 4) is 0 Å². The lowest BCUT2D eigenvalue weighted by molar-refractivity contribution is 0.0160. The molecule has 0 aliphatic carbocycles. The molecule has 1 amide bonds. The highest BCUT2D eigenvalue weighted by molar-refractivity contribution is 14.1. The number of carbonyl (C=O) groups excluding carboxylic acids is 1. The van der Waals surface area contributed by atoms with E-state index < -0.39 is 40.7 Å². The summed E-state index contributed by atoms with van der Waals surface area (Å²) in [6, 6.07) is 3.51. The van der Waals surface area contributed by atoms with Gasteiger partial charge >= 0.3 is 0 Å². The molecule has 0 aliphatic rings. The molecule has 0 unspecified atom stereocenters. The first kappa shape index (κ1) is 20.7. The summed E-state index contributed by atoms with van der Waals surface area (Å²) in [6.45, 7) is -0.403. The minimum Gasteiger partial charge on any atom is -0.352 e. The van der Waals surface area contributed by atoms with Gasteiger partial charge in [-0.1, -0.05) is 0 Å². The van der Waals surface area contributed by atoms with Crippen LogP contribution in [0.25, 0.3) is 0 Å². The topological polar surface area (TPSA) is 83.5 Å². The van der Waals surface area contributed by atoms with Gasteiger partial charge in [-0.15, -0.1) is 0 Å². The quantitative estimate of drug-likeness (QED) is 0.277. The maximum atomic E-state index is 13.3. The summed E-state index contributed by atoms with van der Waals surface area (Å²) in [4.78, 5) is 12.0. The maximum Gasteiger partial charge on any atom is 0.270 e. The number of nitrogens with one attached hydrogen (secondary N) is 1. The van der Waals surface area contributed by atoms with Crippen molar-refractivity contribution in [2.45, 2.75) is 12.3 Å². The van der Waals surface area contributed by atoms with E-state index in [1.807, 2.05) is 51.2 Å². The number of rotatable bonds is 6. The molecule has 0 heterocycles. The van der Waals surface area contributed by atoms with Crippen LogP contribution >= 0.6 is 67.8 Å². The van der Waals surface area contributed by atoms with Crippen LogP contribution in [0.4, 0.5) is 8.78 Å². The lowest BCUT2D eigenvalue weighted by Gasteiger charge is -2.15. The van der Waals surface area contributed by atoms with E-state index in [9.17, 15) is 22.0 Å². The van der Waals surface area contributed by atoms with Crippen molar-refractivity contribution >= 4 is 83.8 Å². The van der Waals surface area contributed by atoms with E-state index in [-0.39, 0.29) is 0 Å². The monoisotopic (exact) mass is 671 g/mol. The van der Waals surface area contributed by atoms with E-state index >= 15 is 0 Å². The zero-order valence-electron chi connectivity index (χ0n) is 10.7. The Morgan fingerprint density at radius 2 is 1.86 bits per heavy atom. The Hall–Kier alpha value is 0.650. The number of hydrogen-bond acceptors (Lipinski definition) is 3. The molecule has 22 heavy (non-hydrogen) atoms. The highest BCUT2D eigenvalue weighted by Gasteiger charge is 2.34. The van der Waals surface area contributed by atoms with Crippen LogP contribution in [0.15, 0.2) is 12.1 Å². The molecule has 11 heteroatoms. The van der Waals surface area contributed by atoms with Gasteiger partial charge in [-0.3, -0.25) is 9.35 Å². The van der Waals surface area contributed by atoms with Crippen LogP contribution in [0, 0.1) is 10.7 Å². The van der Waals surface area contributed by atoms with Crippen LogP contribution in [0.2, 0.25) is 0 Å². The third kappa shape index (κ3) is 7.04. The van der Waals surface area contributed by atoms with Gasteiger partial charge in [0.15, 0.2) is 0 Å². The van der Waals surface area contributed by atoms with Crippen molar-refractivity contribution < 1.29 is 26.5 Å².